The van der Waals surface area contributed by atoms with E-state index in [1.165, 1.54) is 12.4 Å². The molecule has 3 aromatic heterocycles. The largest absolute Gasteiger partial charge is 0.388 e. The molecule has 1 aliphatic rings. The number of anilines is 3. The molecule has 1 aliphatic heterocycles. The van der Waals surface area contributed by atoms with E-state index >= 15 is 0 Å². The first-order valence-electron chi connectivity index (χ1n) is 16.0. The lowest BCUT2D eigenvalue weighted by Gasteiger charge is -2.11. The van der Waals surface area contributed by atoms with E-state index in [2.05, 4.69) is 64.1 Å². The van der Waals surface area contributed by atoms with E-state index in [0.29, 0.717) is 29.9 Å². The van der Waals surface area contributed by atoms with Crippen LogP contribution in [0.2, 0.25) is 0 Å². The second kappa shape index (κ2) is 20.4. The van der Waals surface area contributed by atoms with Crippen LogP contribution in [-0.4, -0.2) is 65.3 Å². The summed E-state index contributed by atoms with van der Waals surface area (Å²) in [5.74, 6) is 2.76. The van der Waals surface area contributed by atoms with Gasteiger partial charge in [-0.3, -0.25) is 9.98 Å². The molecule has 48 heavy (non-hydrogen) atoms. The molecule has 0 aliphatic carbocycles. The van der Waals surface area contributed by atoms with Crippen LogP contribution < -0.4 is 21.3 Å². The molecule has 0 bridgehead atoms. The molecule has 4 heterocycles. The summed E-state index contributed by atoms with van der Waals surface area (Å²) in [6.45, 7) is 10.4. The molecule has 12 nitrogen and oxygen atoms in total. The number of carbonyl (C=O) groups excluding carboxylic acids is 1. The van der Waals surface area contributed by atoms with Gasteiger partial charge in [0.15, 0.2) is 11.5 Å². The van der Waals surface area contributed by atoms with Crippen LogP contribution in [0.25, 0.3) is 10.3 Å². The third-order valence-electron chi connectivity index (χ3n) is 7.03. The van der Waals surface area contributed by atoms with Crippen molar-refractivity contribution in [1.29, 1.82) is 0 Å². The molecule has 4 aromatic rings. The zero-order chi connectivity index (χ0) is 34.6. The van der Waals surface area contributed by atoms with Crippen LogP contribution in [0.5, 0.6) is 0 Å². The molecule has 0 amide bonds. The van der Waals surface area contributed by atoms with Gasteiger partial charge in [-0.25, -0.2) is 19.3 Å². The number of carbonyl (C=O) groups is 1. The van der Waals surface area contributed by atoms with E-state index in [9.17, 15) is 9.18 Å². The lowest BCUT2D eigenvalue weighted by Crippen LogP contribution is -2.20. The van der Waals surface area contributed by atoms with Gasteiger partial charge in [0.05, 0.1) is 28.6 Å². The van der Waals surface area contributed by atoms with Gasteiger partial charge in [-0.05, 0) is 50.0 Å². The van der Waals surface area contributed by atoms with Gasteiger partial charge in [0.1, 0.15) is 28.8 Å². The molecule has 0 saturated heterocycles. The van der Waals surface area contributed by atoms with Gasteiger partial charge in [0.25, 0.3) is 0 Å². The molecule has 0 fully saturated rings. The Morgan fingerprint density at radius 3 is 2.65 bits per heavy atom. The average Bonchev–Trinajstić information content (AvgIpc) is 3.78. The standard InChI is InChI=1S/C24H28FN9S.C8H10N2O.C2H6/c1-26-16-6-7-18(19(13-16)27-2)29-11-4-9-28-12-8-21-34-22-23(32-15-33-24(22)35-21)31-14-20-17(25)5-3-10-30-20;1-2-3-5-8(9-10-8)6-4-7-11;1-2/h3,5-7,10,13,15,26,28-29H,2,4,8-9,11-12,14H2,1H3,(H,31,32,33);1,7H,3-6H2;1-2H3. The second-order valence-electron chi connectivity index (χ2n) is 10.3. The van der Waals surface area contributed by atoms with Gasteiger partial charge >= 0.3 is 0 Å². The number of pyridine rings is 1. The van der Waals surface area contributed by atoms with Gasteiger partial charge in [-0.2, -0.15) is 10.2 Å². The summed E-state index contributed by atoms with van der Waals surface area (Å²) in [6.07, 6.45) is 13.5. The van der Waals surface area contributed by atoms with E-state index in [4.69, 9.17) is 11.4 Å². The number of hydrogen-bond acceptors (Lipinski definition) is 13. The number of aldehydes is 1. The maximum atomic E-state index is 13.8. The molecule has 5 rings (SSSR count). The van der Waals surface area contributed by atoms with E-state index in [1.54, 1.807) is 23.6 Å². The van der Waals surface area contributed by atoms with Crippen molar-refractivity contribution in [2.24, 2.45) is 15.2 Å². The Bertz CT molecular complexity index is 1660. The maximum absolute atomic E-state index is 13.8. The first kappa shape index (κ1) is 37.6. The fourth-order valence-corrected chi connectivity index (χ4v) is 5.33. The van der Waals surface area contributed by atoms with Crippen molar-refractivity contribution < 1.29 is 9.18 Å². The first-order valence-corrected chi connectivity index (χ1v) is 16.8. The second-order valence-corrected chi connectivity index (χ2v) is 11.3. The SMILES string of the molecule is C#CCCC1(CCC=O)N=N1.C=Nc1cc(NC)ccc1NCCCNCCc1nc2c(NCc3ncccc3F)ncnc2s1.CC. The Balaban J connectivity index is 0.000000405. The predicted octanol–water partition coefficient (Wildman–Crippen LogP) is 6.81. The number of aliphatic imine (C=N–C) groups is 1. The van der Waals surface area contributed by atoms with Crippen molar-refractivity contribution in [1.82, 2.24) is 25.3 Å². The van der Waals surface area contributed by atoms with E-state index in [1.807, 2.05) is 39.1 Å². The topological polar surface area (TPSA) is 154 Å². The molecule has 0 atom stereocenters. The molecule has 1 aromatic carbocycles. The minimum Gasteiger partial charge on any atom is -0.388 e. The molecule has 0 radical (unpaired) electrons. The summed E-state index contributed by atoms with van der Waals surface area (Å²) in [4.78, 5) is 32.3. The van der Waals surface area contributed by atoms with Gasteiger partial charge in [-0.1, -0.05) is 25.2 Å². The lowest BCUT2D eigenvalue weighted by molar-refractivity contribution is -0.108. The number of thiazole rings is 1. The quantitative estimate of drug-likeness (QED) is 0.0386. The van der Waals surface area contributed by atoms with Crippen LogP contribution in [0.15, 0.2) is 58.1 Å². The Morgan fingerprint density at radius 2 is 1.94 bits per heavy atom. The molecule has 0 unspecified atom stereocenters. The smallest absolute Gasteiger partial charge is 0.192 e. The summed E-state index contributed by atoms with van der Waals surface area (Å²) < 4.78 is 13.8. The van der Waals surface area contributed by atoms with E-state index in [0.717, 1.165) is 78.5 Å². The first-order chi connectivity index (χ1) is 23.5. The van der Waals surface area contributed by atoms with Crippen LogP contribution >= 0.6 is 11.3 Å². The van der Waals surface area contributed by atoms with Crippen LogP contribution in [0.1, 0.15) is 56.7 Å². The monoisotopic (exact) mass is 673 g/mol. The highest BCUT2D eigenvalue weighted by molar-refractivity contribution is 7.18. The van der Waals surface area contributed by atoms with Crippen LogP contribution in [-0.2, 0) is 17.8 Å². The Kier molecular flexibility index (Phi) is 16.0. The molecular weight excluding hydrogens is 630 g/mol. The Labute approximate surface area is 285 Å². The summed E-state index contributed by atoms with van der Waals surface area (Å²) in [5.41, 5.74) is 3.58. The van der Waals surface area contributed by atoms with Gasteiger partial charge < -0.3 is 26.1 Å². The van der Waals surface area contributed by atoms with Crippen molar-refractivity contribution in [2.45, 2.75) is 64.6 Å². The molecule has 254 valence electrons. The summed E-state index contributed by atoms with van der Waals surface area (Å²) in [5, 5.41) is 21.8. The number of nitrogens with one attached hydrogen (secondary N) is 4. The number of benzene rings is 1. The van der Waals surface area contributed by atoms with E-state index in [-0.39, 0.29) is 18.0 Å². The lowest BCUT2D eigenvalue weighted by atomic mass is 10.0. The van der Waals surface area contributed by atoms with E-state index < -0.39 is 0 Å². The molecule has 14 heteroatoms. The van der Waals surface area contributed by atoms with Crippen LogP contribution in [0.4, 0.5) is 27.3 Å². The summed E-state index contributed by atoms with van der Waals surface area (Å²) >= 11 is 1.54. The number of fused-ring (bicyclic) bond motifs is 1. The minimum atomic E-state index is -0.352. The highest BCUT2D eigenvalue weighted by Gasteiger charge is 2.38. The molecular formula is C34H44FN11OS. The Hall–Kier alpha value is -4.87. The number of halogens is 1. The fourth-order valence-electron chi connectivity index (χ4n) is 4.43. The molecule has 0 saturated carbocycles. The van der Waals surface area contributed by atoms with Crippen molar-refractivity contribution in [3.8, 4) is 12.3 Å². The van der Waals surface area contributed by atoms with Crippen molar-refractivity contribution >= 4 is 57.6 Å². The third kappa shape index (κ3) is 11.7. The fraction of sp³-hybridized carbons (Fsp3) is 0.412. The molecule has 4 N–H and O–H groups in total. The van der Waals surface area contributed by atoms with Crippen LogP contribution in [0, 0.1) is 18.2 Å². The highest BCUT2D eigenvalue weighted by Crippen LogP contribution is 2.37. The molecule has 0 spiro atoms. The van der Waals surface area contributed by atoms with Crippen molar-refractivity contribution in [3.05, 3.63) is 59.4 Å². The number of nitrogens with zero attached hydrogens (tertiary/aromatic N) is 7. The summed E-state index contributed by atoms with van der Waals surface area (Å²) in [7, 11) is 1.88. The Morgan fingerprint density at radius 1 is 1.10 bits per heavy atom. The van der Waals surface area contributed by atoms with Gasteiger partial charge in [0, 0.05) is 64.1 Å². The normalized spacial score (nSPS) is 12.1. The summed E-state index contributed by atoms with van der Waals surface area (Å²) in [6, 6.07) is 8.94. The van der Waals surface area contributed by atoms with Crippen molar-refractivity contribution in [3.63, 3.8) is 0 Å². The maximum Gasteiger partial charge on any atom is 0.192 e. The minimum absolute atomic E-state index is 0.227. The van der Waals surface area contributed by atoms with Crippen molar-refractivity contribution in [2.75, 3.05) is 42.6 Å². The number of rotatable bonds is 18. The number of aromatic nitrogens is 4. The van der Waals surface area contributed by atoms with Gasteiger partial charge in [0.2, 0.25) is 0 Å². The zero-order valence-corrected chi connectivity index (χ0v) is 28.6. The third-order valence-corrected chi connectivity index (χ3v) is 8.05. The average molecular weight is 674 g/mol. The predicted molar refractivity (Wildman–Crippen MR) is 194 cm³/mol. The number of terminal acetylenes is 1. The zero-order valence-electron chi connectivity index (χ0n) is 27.8. The van der Waals surface area contributed by atoms with Gasteiger partial charge in [-0.15, -0.1) is 12.3 Å². The highest BCUT2D eigenvalue weighted by atomic mass is 32.1. The number of hydrogen-bond donors (Lipinski definition) is 4. The van der Waals surface area contributed by atoms with Crippen LogP contribution in [0.3, 0.4) is 0 Å².